The van der Waals surface area contributed by atoms with E-state index in [4.69, 9.17) is 4.74 Å². The van der Waals surface area contributed by atoms with E-state index in [2.05, 4.69) is 33.2 Å². The number of likely N-dealkylation sites (tertiary alicyclic amines) is 1. The lowest BCUT2D eigenvalue weighted by molar-refractivity contribution is 0.205. The van der Waals surface area contributed by atoms with Gasteiger partial charge in [0.15, 0.2) is 0 Å². The number of H-pyrrole nitrogens is 1. The van der Waals surface area contributed by atoms with Crippen LogP contribution in [0.25, 0.3) is 21.8 Å². The van der Waals surface area contributed by atoms with E-state index in [0.717, 1.165) is 60.2 Å². The first kappa shape index (κ1) is 18.1. The molecule has 0 atom stereocenters. The summed E-state index contributed by atoms with van der Waals surface area (Å²) in [5.41, 5.74) is 4.40. The first-order valence-electron chi connectivity index (χ1n) is 10.1. The van der Waals surface area contributed by atoms with Gasteiger partial charge < -0.3 is 9.72 Å². The van der Waals surface area contributed by atoms with Crippen molar-refractivity contribution in [3.63, 3.8) is 0 Å². The number of benzene rings is 2. The molecule has 0 saturated carbocycles. The molecule has 1 fully saturated rings. The Hall–Kier alpha value is -2.92. The Morgan fingerprint density at radius 3 is 2.86 bits per heavy atom. The third kappa shape index (κ3) is 3.47. The molecular formula is C24H24FN3O. The van der Waals surface area contributed by atoms with E-state index < -0.39 is 0 Å². The molecule has 5 rings (SSSR count). The van der Waals surface area contributed by atoms with Crippen LogP contribution in [0.4, 0.5) is 4.39 Å². The number of hydrogen-bond acceptors (Lipinski definition) is 3. The van der Waals surface area contributed by atoms with Crippen molar-refractivity contribution in [3.05, 3.63) is 71.8 Å². The maximum absolute atomic E-state index is 14.0. The van der Waals surface area contributed by atoms with Gasteiger partial charge in [-0.3, -0.25) is 9.88 Å². The van der Waals surface area contributed by atoms with E-state index in [0.29, 0.717) is 5.92 Å². The van der Waals surface area contributed by atoms with Crippen molar-refractivity contribution in [1.29, 1.82) is 0 Å². The SMILES string of the molecule is COc1ccc2[nH]cc(C3CCN(Cc4cc(F)cc5cccnc45)CC3)c2c1. The van der Waals surface area contributed by atoms with Crippen molar-refractivity contribution < 1.29 is 9.13 Å². The van der Waals surface area contributed by atoms with Crippen LogP contribution in [-0.2, 0) is 6.54 Å². The zero-order chi connectivity index (χ0) is 19.8. The minimum absolute atomic E-state index is 0.192. The van der Waals surface area contributed by atoms with E-state index in [1.807, 2.05) is 18.2 Å². The number of fused-ring (bicyclic) bond motifs is 2. The van der Waals surface area contributed by atoms with E-state index >= 15 is 0 Å². The average Bonchev–Trinajstić information content (AvgIpc) is 3.17. The molecule has 2 aromatic carbocycles. The summed E-state index contributed by atoms with van der Waals surface area (Å²) in [6.07, 6.45) is 6.10. The Kier molecular flexibility index (Phi) is 4.68. The largest absolute Gasteiger partial charge is 0.497 e. The van der Waals surface area contributed by atoms with Crippen molar-refractivity contribution in [1.82, 2.24) is 14.9 Å². The second kappa shape index (κ2) is 7.48. The van der Waals surface area contributed by atoms with Crippen molar-refractivity contribution in [2.75, 3.05) is 20.2 Å². The van der Waals surface area contributed by atoms with Gasteiger partial charge in [-0.1, -0.05) is 6.07 Å². The number of methoxy groups -OCH3 is 1. The van der Waals surface area contributed by atoms with Gasteiger partial charge in [-0.2, -0.15) is 0 Å². The second-order valence-corrected chi connectivity index (χ2v) is 7.85. The number of aromatic amines is 1. The lowest BCUT2D eigenvalue weighted by Crippen LogP contribution is -2.32. The van der Waals surface area contributed by atoms with Crippen molar-refractivity contribution >= 4 is 21.8 Å². The number of aromatic nitrogens is 2. The Balaban J connectivity index is 1.33. The molecule has 0 unspecified atom stereocenters. The Bertz CT molecular complexity index is 1160. The summed E-state index contributed by atoms with van der Waals surface area (Å²) in [6.45, 7) is 2.72. The summed E-state index contributed by atoms with van der Waals surface area (Å²) in [6, 6.07) is 13.2. The van der Waals surface area contributed by atoms with Crippen LogP contribution in [-0.4, -0.2) is 35.1 Å². The smallest absolute Gasteiger partial charge is 0.124 e. The Labute approximate surface area is 169 Å². The van der Waals surface area contributed by atoms with Crippen LogP contribution in [0.5, 0.6) is 5.75 Å². The van der Waals surface area contributed by atoms with Gasteiger partial charge >= 0.3 is 0 Å². The van der Waals surface area contributed by atoms with Gasteiger partial charge in [0, 0.05) is 35.2 Å². The van der Waals surface area contributed by atoms with Gasteiger partial charge in [0.25, 0.3) is 0 Å². The van der Waals surface area contributed by atoms with Crippen LogP contribution in [0.3, 0.4) is 0 Å². The van der Waals surface area contributed by atoms with Crippen molar-refractivity contribution in [3.8, 4) is 5.75 Å². The fourth-order valence-corrected chi connectivity index (χ4v) is 4.58. The van der Waals surface area contributed by atoms with Crippen LogP contribution in [0, 0.1) is 5.82 Å². The molecule has 0 amide bonds. The van der Waals surface area contributed by atoms with E-state index in [1.54, 1.807) is 25.4 Å². The molecule has 0 radical (unpaired) electrons. The van der Waals surface area contributed by atoms with Crippen LogP contribution in [0.15, 0.2) is 54.9 Å². The standard InChI is InChI=1S/C24H24FN3O/c1-29-20-4-5-23-21(13-20)22(14-27-23)16-6-9-28(10-7-16)15-18-12-19(25)11-17-3-2-8-26-24(17)18/h2-5,8,11-14,16,27H,6-7,9-10,15H2,1H3. The molecule has 148 valence electrons. The zero-order valence-corrected chi connectivity index (χ0v) is 16.5. The number of nitrogens with one attached hydrogen (secondary N) is 1. The van der Waals surface area contributed by atoms with E-state index in [-0.39, 0.29) is 5.82 Å². The summed E-state index contributed by atoms with van der Waals surface area (Å²) < 4.78 is 19.5. The van der Waals surface area contributed by atoms with Gasteiger partial charge in [-0.25, -0.2) is 4.39 Å². The lowest BCUT2D eigenvalue weighted by atomic mass is 9.89. The molecule has 1 saturated heterocycles. The number of piperidine rings is 1. The van der Waals surface area contributed by atoms with Gasteiger partial charge in [-0.15, -0.1) is 0 Å². The number of rotatable bonds is 4. The highest BCUT2D eigenvalue weighted by atomic mass is 19.1. The minimum atomic E-state index is -0.192. The summed E-state index contributed by atoms with van der Waals surface area (Å²) >= 11 is 0. The quantitative estimate of drug-likeness (QED) is 0.519. The van der Waals surface area contributed by atoms with Crippen molar-refractivity contribution in [2.45, 2.75) is 25.3 Å². The maximum Gasteiger partial charge on any atom is 0.124 e. The fourth-order valence-electron chi connectivity index (χ4n) is 4.58. The molecular weight excluding hydrogens is 365 g/mol. The predicted molar refractivity (Wildman–Crippen MR) is 114 cm³/mol. The molecule has 29 heavy (non-hydrogen) atoms. The lowest BCUT2D eigenvalue weighted by Gasteiger charge is -2.32. The van der Waals surface area contributed by atoms with Gasteiger partial charge in [0.2, 0.25) is 0 Å². The van der Waals surface area contributed by atoms with Gasteiger partial charge in [0.1, 0.15) is 11.6 Å². The molecule has 3 heterocycles. The minimum Gasteiger partial charge on any atom is -0.497 e. The molecule has 1 aliphatic rings. The summed E-state index contributed by atoms with van der Waals surface area (Å²) in [4.78, 5) is 10.3. The molecule has 2 aromatic heterocycles. The van der Waals surface area contributed by atoms with E-state index in [1.165, 1.54) is 10.9 Å². The second-order valence-electron chi connectivity index (χ2n) is 7.85. The third-order valence-corrected chi connectivity index (χ3v) is 6.09. The number of pyridine rings is 1. The maximum atomic E-state index is 14.0. The van der Waals surface area contributed by atoms with Gasteiger partial charge in [0.05, 0.1) is 12.6 Å². The Morgan fingerprint density at radius 1 is 1.17 bits per heavy atom. The highest BCUT2D eigenvalue weighted by Crippen LogP contribution is 2.35. The third-order valence-electron chi connectivity index (χ3n) is 6.09. The first-order chi connectivity index (χ1) is 14.2. The number of ether oxygens (including phenoxy) is 1. The van der Waals surface area contributed by atoms with Crippen LogP contribution < -0.4 is 4.74 Å². The predicted octanol–water partition coefficient (Wildman–Crippen LogP) is 5.24. The molecule has 1 aliphatic heterocycles. The van der Waals surface area contributed by atoms with Crippen LogP contribution in [0.1, 0.15) is 29.9 Å². The highest BCUT2D eigenvalue weighted by molar-refractivity contribution is 5.85. The first-order valence-corrected chi connectivity index (χ1v) is 10.1. The topological polar surface area (TPSA) is 41.1 Å². The normalized spacial score (nSPS) is 15.9. The molecule has 4 nitrogen and oxygen atoms in total. The molecule has 5 heteroatoms. The number of hydrogen-bond donors (Lipinski definition) is 1. The van der Waals surface area contributed by atoms with Gasteiger partial charge in [-0.05, 0) is 79.4 Å². The Morgan fingerprint density at radius 2 is 2.03 bits per heavy atom. The summed E-state index contributed by atoms with van der Waals surface area (Å²) in [5, 5.41) is 2.12. The van der Waals surface area contributed by atoms with E-state index in [9.17, 15) is 4.39 Å². The average molecular weight is 389 g/mol. The molecule has 0 bridgehead atoms. The van der Waals surface area contributed by atoms with Crippen LogP contribution >= 0.6 is 0 Å². The monoisotopic (exact) mass is 389 g/mol. The number of nitrogens with zero attached hydrogens (tertiary/aromatic N) is 2. The fraction of sp³-hybridized carbons (Fsp3) is 0.292. The molecule has 1 N–H and O–H groups in total. The summed E-state index contributed by atoms with van der Waals surface area (Å²) in [7, 11) is 1.71. The van der Waals surface area contributed by atoms with Crippen LogP contribution in [0.2, 0.25) is 0 Å². The molecule has 4 aromatic rings. The highest BCUT2D eigenvalue weighted by Gasteiger charge is 2.23. The zero-order valence-electron chi connectivity index (χ0n) is 16.5. The molecule has 0 spiro atoms. The summed E-state index contributed by atoms with van der Waals surface area (Å²) in [5.74, 6) is 1.22. The number of halogens is 1. The molecule has 0 aliphatic carbocycles. The van der Waals surface area contributed by atoms with Crippen molar-refractivity contribution in [2.24, 2.45) is 0 Å².